The van der Waals surface area contributed by atoms with Crippen molar-refractivity contribution >= 4 is 12.0 Å². The van der Waals surface area contributed by atoms with Crippen molar-refractivity contribution in [2.45, 2.75) is 13.8 Å². The van der Waals surface area contributed by atoms with Crippen LogP contribution < -0.4 is 0 Å². The SMILES string of the molecule is Cc1cccc(C)c1C(=O)C=[N+]=[N-]. The molecule has 0 heterocycles. The van der Waals surface area contributed by atoms with E-state index in [-0.39, 0.29) is 5.78 Å². The molecule has 0 saturated heterocycles. The summed E-state index contributed by atoms with van der Waals surface area (Å²) in [5.74, 6) is -0.266. The molecule has 3 heteroatoms. The van der Waals surface area contributed by atoms with E-state index in [1.165, 1.54) is 0 Å². The Bertz CT molecular complexity index is 370. The molecule has 0 saturated carbocycles. The zero-order valence-corrected chi connectivity index (χ0v) is 7.61. The van der Waals surface area contributed by atoms with Gasteiger partial charge in [0.05, 0.1) is 0 Å². The standard InChI is InChI=1S/C10H10N2O/c1-7-4-3-5-8(2)10(7)9(13)6-12-11/h3-6H,1-2H3. The van der Waals surface area contributed by atoms with Crippen molar-refractivity contribution in [3.05, 3.63) is 40.4 Å². The van der Waals surface area contributed by atoms with Gasteiger partial charge >= 0.3 is 6.21 Å². The smallest absolute Gasteiger partial charge is 0.328 e. The highest BCUT2D eigenvalue weighted by atomic mass is 16.1. The number of nitrogens with zero attached hydrogens (tertiary/aromatic N) is 2. The molecule has 0 atom stereocenters. The van der Waals surface area contributed by atoms with E-state index < -0.39 is 0 Å². The molecule has 3 nitrogen and oxygen atoms in total. The summed E-state index contributed by atoms with van der Waals surface area (Å²) in [5, 5.41) is 0. The molecule has 0 amide bonds. The number of rotatable bonds is 2. The third kappa shape index (κ3) is 1.89. The molecule has 0 bridgehead atoms. The van der Waals surface area contributed by atoms with Gasteiger partial charge in [-0.25, -0.2) is 0 Å². The van der Waals surface area contributed by atoms with Gasteiger partial charge in [-0.05, 0) is 25.0 Å². The van der Waals surface area contributed by atoms with Gasteiger partial charge in [0.25, 0.3) is 5.78 Å². The number of hydrogen-bond donors (Lipinski definition) is 0. The lowest BCUT2D eigenvalue weighted by molar-refractivity contribution is 0.00233. The zero-order valence-electron chi connectivity index (χ0n) is 7.61. The van der Waals surface area contributed by atoms with Crippen molar-refractivity contribution in [3.63, 3.8) is 0 Å². The number of Topliss-reactive ketones (excluding diaryl/α,β-unsaturated/α-hetero) is 1. The van der Waals surface area contributed by atoms with Crippen LogP contribution in [0.3, 0.4) is 0 Å². The monoisotopic (exact) mass is 174 g/mol. The molecule has 0 aliphatic rings. The first-order chi connectivity index (χ1) is 6.16. The largest absolute Gasteiger partial charge is 0.361 e. The number of benzene rings is 1. The summed E-state index contributed by atoms with van der Waals surface area (Å²) in [6.07, 6.45) is 0.912. The van der Waals surface area contributed by atoms with E-state index in [1.54, 1.807) is 0 Å². The van der Waals surface area contributed by atoms with Crippen LogP contribution in [0.2, 0.25) is 0 Å². The van der Waals surface area contributed by atoms with Crippen LogP contribution in [0.5, 0.6) is 0 Å². The number of aryl methyl sites for hydroxylation is 2. The first-order valence-corrected chi connectivity index (χ1v) is 3.95. The number of hydrogen-bond acceptors (Lipinski definition) is 1. The zero-order chi connectivity index (χ0) is 9.84. The minimum atomic E-state index is -0.266. The predicted molar refractivity (Wildman–Crippen MR) is 49.9 cm³/mol. The summed E-state index contributed by atoms with van der Waals surface area (Å²) in [5.41, 5.74) is 10.6. The Morgan fingerprint density at radius 3 is 2.38 bits per heavy atom. The van der Waals surface area contributed by atoms with Crippen molar-refractivity contribution in [1.82, 2.24) is 0 Å². The maximum absolute atomic E-state index is 11.4. The lowest BCUT2D eigenvalue weighted by atomic mass is 10.00. The molecule has 13 heavy (non-hydrogen) atoms. The lowest BCUT2D eigenvalue weighted by Crippen LogP contribution is -2.05. The highest BCUT2D eigenvalue weighted by Gasteiger charge is 2.12. The first kappa shape index (κ1) is 9.36. The van der Waals surface area contributed by atoms with Crippen molar-refractivity contribution < 1.29 is 9.58 Å². The third-order valence-electron chi connectivity index (χ3n) is 1.90. The molecule has 0 aliphatic carbocycles. The normalized spacial score (nSPS) is 9.08. The number of carbonyl (C=O) groups excluding carboxylic acids is 1. The van der Waals surface area contributed by atoms with Crippen molar-refractivity contribution in [1.29, 1.82) is 0 Å². The molecule has 0 aliphatic heterocycles. The van der Waals surface area contributed by atoms with Crippen LogP contribution in [0.1, 0.15) is 21.5 Å². The Labute approximate surface area is 76.6 Å². The topological polar surface area (TPSA) is 53.5 Å². The second kappa shape index (κ2) is 3.78. The maximum Gasteiger partial charge on any atom is 0.328 e. The summed E-state index contributed by atoms with van der Waals surface area (Å²) in [4.78, 5) is 14.1. The molecule has 0 N–H and O–H groups in total. The molecule has 1 aromatic carbocycles. The molecule has 1 rings (SSSR count). The molecule has 1 aromatic rings. The fraction of sp³-hybridized carbons (Fsp3) is 0.200. The van der Waals surface area contributed by atoms with Crippen molar-refractivity contribution in [3.8, 4) is 0 Å². The Hall–Kier alpha value is -1.73. The van der Waals surface area contributed by atoms with Gasteiger partial charge in [0.15, 0.2) is 0 Å². The molecule has 0 spiro atoms. The van der Waals surface area contributed by atoms with Gasteiger partial charge in [-0.3, -0.25) is 4.79 Å². The molecule has 0 aromatic heterocycles. The molecule has 0 unspecified atom stereocenters. The molecule has 0 fully saturated rings. The van der Waals surface area contributed by atoms with E-state index in [1.807, 2.05) is 32.0 Å². The van der Waals surface area contributed by atoms with Crippen LogP contribution in [0.4, 0.5) is 0 Å². The Balaban J connectivity index is 3.27. The Morgan fingerprint density at radius 2 is 1.92 bits per heavy atom. The van der Waals surface area contributed by atoms with Gasteiger partial charge in [-0.1, -0.05) is 18.2 Å². The van der Waals surface area contributed by atoms with E-state index >= 15 is 0 Å². The summed E-state index contributed by atoms with van der Waals surface area (Å²) < 4.78 is 0. The minimum Gasteiger partial charge on any atom is -0.361 e. The van der Waals surface area contributed by atoms with Crippen LogP contribution >= 0.6 is 0 Å². The lowest BCUT2D eigenvalue weighted by Gasteiger charge is -2.02. The van der Waals surface area contributed by atoms with Gasteiger partial charge in [0.1, 0.15) is 0 Å². The number of carbonyl (C=O) groups is 1. The molecular weight excluding hydrogens is 164 g/mol. The van der Waals surface area contributed by atoms with Crippen LogP contribution in [0.15, 0.2) is 18.2 Å². The highest BCUT2D eigenvalue weighted by molar-refractivity contribution is 6.34. The second-order valence-electron chi connectivity index (χ2n) is 2.88. The fourth-order valence-corrected chi connectivity index (χ4v) is 1.32. The van der Waals surface area contributed by atoms with Gasteiger partial charge in [0.2, 0.25) is 0 Å². The Kier molecular flexibility index (Phi) is 2.72. The van der Waals surface area contributed by atoms with E-state index in [2.05, 4.69) is 4.79 Å². The number of ketones is 1. The van der Waals surface area contributed by atoms with Gasteiger partial charge in [0, 0.05) is 5.56 Å². The van der Waals surface area contributed by atoms with Crippen LogP contribution in [0, 0.1) is 13.8 Å². The summed E-state index contributed by atoms with van der Waals surface area (Å²) in [7, 11) is 0. The van der Waals surface area contributed by atoms with E-state index in [0.717, 1.165) is 17.3 Å². The fourth-order valence-electron chi connectivity index (χ4n) is 1.32. The minimum absolute atomic E-state index is 0.266. The van der Waals surface area contributed by atoms with Gasteiger partial charge in [-0.2, -0.15) is 4.79 Å². The van der Waals surface area contributed by atoms with Crippen molar-refractivity contribution in [2.24, 2.45) is 0 Å². The summed E-state index contributed by atoms with van der Waals surface area (Å²) in [6, 6.07) is 5.59. The van der Waals surface area contributed by atoms with Gasteiger partial charge < -0.3 is 5.53 Å². The van der Waals surface area contributed by atoms with Crippen molar-refractivity contribution in [2.75, 3.05) is 0 Å². The molecular formula is C10H10N2O. The predicted octanol–water partition coefficient (Wildman–Crippen LogP) is 1.79. The van der Waals surface area contributed by atoms with Crippen LogP contribution in [-0.4, -0.2) is 16.8 Å². The quantitative estimate of drug-likeness (QED) is 0.292. The molecule has 66 valence electrons. The first-order valence-electron chi connectivity index (χ1n) is 3.95. The van der Waals surface area contributed by atoms with E-state index in [9.17, 15) is 4.79 Å². The van der Waals surface area contributed by atoms with Crippen LogP contribution in [-0.2, 0) is 0 Å². The van der Waals surface area contributed by atoms with E-state index in [0.29, 0.717) is 5.56 Å². The van der Waals surface area contributed by atoms with E-state index in [4.69, 9.17) is 5.53 Å². The average molecular weight is 174 g/mol. The average Bonchev–Trinajstić information content (AvgIpc) is 2.04. The summed E-state index contributed by atoms with van der Waals surface area (Å²) >= 11 is 0. The molecule has 0 radical (unpaired) electrons. The summed E-state index contributed by atoms with van der Waals surface area (Å²) in [6.45, 7) is 3.71. The van der Waals surface area contributed by atoms with Gasteiger partial charge in [-0.15, -0.1) is 0 Å². The third-order valence-corrected chi connectivity index (χ3v) is 1.90. The van der Waals surface area contributed by atoms with Crippen LogP contribution in [0.25, 0.3) is 5.53 Å². The maximum atomic E-state index is 11.4. The highest BCUT2D eigenvalue weighted by Crippen LogP contribution is 2.12. The second-order valence-corrected chi connectivity index (χ2v) is 2.88. The Morgan fingerprint density at radius 1 is 1.38 bits per heavy atom.